The van der Waals surface area contributed by atoms with Gasteiger partial charge in [0.25, 0.3) is 0 Å². The molecule has 0 radical (unpaired) electrons. The van der Waals surface area contributed by atoms with Gasteiger partial charge in [0.1, 0.15) is 0 Å². The van der Waals surface area contributed by atoms with Gasteiger partial charge in [-0.1, -0.05) is 11.6 Å². The Balaban J connectivity index is 2.58. The van der Waals surface area contributed by atoms with Gasteiger partial charge in [0.15, 0.2) is 0 Å². The highest BCUT2D eigenvalue weighted by atomic mass is 35.5. The zero-order chi connectivity index (χ0) is 15.1. The number of esters is 1. The molecule has 0 aromatic heterocycles. The Morgan fingerprint density at radius 2 is 2.00 bits per heavy atom. The predicted octanol–water partition coefficient (Wildman–Crippen LogP) is 2.32. The van der Waals surface area contributed by atoms with Crippen LogP contribution in [0.15, 0.2) is 18.2 Å². The molecule has 1 rings (SSSR count). The maximum absolute atomic E-state index is 11.6. The fourth-order valence-corrected chi connectivity index (χ4v) is 1.64. The van der Waals surface area contributed by atoms with E-state index in [0.717, 1.165) is 0 Å². The Morgan fingerprint density at radius 3 is 2.55 bits per heavy atom. The summed E-state index contributed by atoms with van der Waals surface area (Å²) in [5.74, 6) is -1.95. The molecule has 20 heavy (non-hydrogen) atoms. The van der Waals surface area contributed by atoms with Crippen LogP contribution in [0, 0.1) is 0 Å². The summed E-state index contributed by atoms with van der Waals surface area (Å²) in [6, 6.07) is 3.97. The number of ether oxygens (including phenoxy) is 1. The van der Waals surface area contributed by atoms with E-state index in [4.69, 9.17) is 21.4 Å². The third kappa shape index (κ3) is 4.89. The van der Waals surface area contributed by atoms with Gasteiger partial charge in [0.05, 0.1) is 29.3 Å². The second-order valence-corrected chi connectivity index (χ2v) is 4.26. The molecule has 0 unspecified atom stereocenters. The molecule has 0 atom stereocenters. The van der Waals surface area contributed by atoms with Crippen molar-refractivity contribution in [3.63, 3.8) is 0 Å². The highest BCUT2D eigenvalue weighted by molar-refractivity contribution is 6.34. The minimum Gasteiger partial charge on any atom is -0.478 e. The van der Waals surface area contributed by atoms with E-state index < -0.39 is 17.8 Å². The first-order valence-electron chi connectivity index (χ1n) is 5.92. The monoisotopic (exact) mass is 299 g/mol. The van der Waals surface area contributed by atoms with Crippen molar-refractivity contribution in [2.24, 2.45) is 0 Å². The van der Waals surface area contributed by atoms with Crippen LogP contribution in [0.4, 0.5) is 5.69 Å². The van der Waals surface area contributed by atoms with Crippen molar-refractivity contribution in [2.45, 2.75) is 19.8 Å². The van der Waals surface area contributed by atoms with Crippen LogP contribution >= 0.6 is 11.6 Å². The number of hydrogen-bond donors (Lipinski definition) is 2. The van der Waals surface area contributed by atoms with Crippen LogP contribution in [-0.4, -0.2) is 29.6 Å². The maximum atomic E-state index is 11.6. The van der Waals surface area contributed by atoms with Crippen LogP contribution in [0.25, 0.3) is 0 Å². The second kappa shape index (κ2) is 7.49. The molecule has 0 aliphatic heterocycles. The Kier molecular flexibility index (Phi) is 5.99. The molecule has 7 heteroatoms. The fraction of sp³-hybridized carbons (Fsp3) is 0.308. The molecule has 0 spiro atoms. The van der Waals surface area contributed by atoms with E-state index >= 15 is 0 Å². The van der Waals surface area contributed by atoms with Crippen molar-refractivity contribution in [3.8, 4) is 0 Å². The average molecular weight is 300 g/mol. The lowest BCUT2D eigenvalue weighted by molar-refractivity contribution is -0.144. The molecule has 2 N–H and O–H groups in total. The third-order valence-corrected chi connectivity index (χ3v) is 2.66. The molecule has 1 aromatic rings. The lowest BCUT2D eigenvalue weighted by atomic mass is 10.2. The molecule has 0 saturated carbocycles. The summed E-state index contributed by atoms with van der Waals surface area (Å²) in [6.45, 7) is 1.95. The lowest BCUT2D eigenvalue weighted by Crippen LogP contribution is -2.15. The molecule has 0 saturated heterocycles. The minimum absolute atomic E-state index is 0.0233. The van der Waals surface area contributed by atoms with E-state index in [1.54, 1.807) is 6.92 Å². The molecule has 0 bridgehead atoms. The number of carbonyl (C=O) groups excluding carboxylic acids is 2. The van der Waals surface area contributed by atoms with Gasteiger partial charge in [0.2, 0.25) is 5.91 Å². The molecule has 1 amide bonds. The van der Waals surface area contributed by atoms with Gasteiger partial charge in [-0.3, -0.25) is 9.59 Å². The number of rotatable bonds is 6. The highest BCUT2D eigenvalue weighted by Crippen LogP contribution is 2.23. The summed E-state index contributed by atoms with van der Waals surface area (Å²) in [5, 5.41) is 11.4. The van der Waals surface area contributed by atoms with Crippen LogP contribution in [0.5, 0.6) is 0 Å². The van der Waals surface area contributed by atoms with E-state index in [1.807, 2.05) is 0 Å². The highest BCUT2D eigenvalue weighted by Gasteiger charge is 2.11. The molecule has 0 aliphatic carbocycles. The quantitative estimate of drug-likeness (QED) is 0.786. The summed E-state index contributed by atoms with van der Waals surface area (Å²) in [4.78, 5) is 33.4. The van der Waals surface area contributed by atoms with E-state index in [2.05, 4.69) is 5.32 Å². The zero-order valence-corrected chi connectivity index (χ0v) is 11.6. The second-order valence-electron chi connectivity index (χ2n) is 3.85. The molecule has 108 valence electrons. The SMILES string of the molecule is CCOC(=O)CCC(=O)Nc1ccc(C(=O)O)cc1Cl. The number of halogens is 1. The van der Waals surface area contributed by atoms with Crippen molar-refractivity contribution < 1.29 is 24.2 Å². The van der Waals surface area contributed by atoms with Gasteiger partial charge in [-0.25, -0.2) is 4.79 Å². The minimum atomic E-state index is -1.10. The number of anilines is 1. The van der Waals surface area contributed by atoms with Crippen molar-refractivity contribution in [3.05, 3.63) is 28.8 Å². The van der Waals surface area contributed by atoms with Crippen molar-refractivity contribution in [1.82, 2.24) is 0 Å². The number of carboxylic acid groups (broad SMARTS) is 1. The van der Waals surface area contributed by atoms with Crippen LogP contribution in [-0.2, 0) is 14.3 Å². The number of benzene rings is 1. The summed E-state index contributed by atoms with van der Waals surface area (Å²) in [5.41, 5.74) is 0.324. The number of amides is 1. The van der Waals surface area contributed by atoms with Crippen LogP contribution in [0.1, 0.15) is 30.1 Å². The van der Waals surface area contributed by atoms with E-state index in [9.17, 15) is 14.4 Å². The van der Waals surface area contributed by atoms with Crippen LogP contribution in [0.3, 0.4) is 0 Å². The normalized spacial score (nSPS) is 9.90. The van der Waals surface area contributed by atoms with Crippen LogP contribution < -0.4 is 5.32 Å². The lowest BCUT2D eigenvalue weighted by Gasteiger charge is -2.07. The van der Waals surface area contributed by atoms with Gasteiger partial charge in [0, 0.05) is 6.42 Å². The number of hydrogen-bond acceptors (Lipinski definition) is 4. The zero-order valence-electron chi connectivity index (χ0n) is 10.8. The number of nitrogens with one attached hydrogen (secondary N) is 1. The van der Waals surface area contributed by atoms with Crippen molar-refractivity contribution >= 4 is 35.1 Å². The Labute approximate surface area is 120 Å². The summed E-state index contributed by atoms with van der Waals surface area (Å²) >= 11 is 5.86. The van der Waals surface area contributed by atoms with Gasteiger partial charge in [-0.05, 0) is 25.1 Å². The molecule has 0 fully saturated rings. The van der Waals surface area contributed by atoms with E-state index in [-0.39, 0.29) is 30.0 Å². The molecular weight excluding hydrogens is 286 g/mol. The average Bonchev–Trinajstić information content (AvgIpc) is 2.39. The number of carboxylic acids is 1. The standard InChI is InChI=1S/C13H14ClNO5/c1-2-20-12(17)6-5-11(16)15-10-4-3-8(13(18)19)7-9(10)14/h3-4,7H,2,5-6H2,1H3,(H,15,16)(H,18,19). The van der Waals surface area contributed by atoms with Crippen molar-refractivity contribution in [1.29, 1.82) is 0 Å². The van der Waals surface area contributed by atoms with Crippen molar-refractivity contribution in [2.75, 3.05) is 11.9 Å². The fourth-order valence-electron chi connectivity index (χ4n) is 1.41. The van der Waals surface area contributed by atoms with Gasteiger partial charge >= 0.3 is 11.9 Å². The molecule has 6 nitrogen and oxygen atoms in total. The molecule has 0 heterocycles. The third-order valence-electron chi connectivity index (χ3n) is 2.35. The van der Waals surface area contributed by atoms with Gasteiger partial charge in [-0.2, -0.15) is 0 Å². The van der Waals surface area contributed by atoms with Gasteiger partial charge in [-0.15, -0.1) is 0 Å². The van der Waals surface area contributed by atoms with E-state index in [1.165, 1.54) is 18.2 Å². The van der Waals surface area contributed by atoms with E-state index in [0.29, 0.717) is 5.69 Å². The largest absolute Gasteiger partial charge is 0.478 e. The maximum Gasteiger partial charge on any atom is 0.335 e. The Hall–Kier alpha value is -2.08. The molecular formula is C13H14ClNO5. The van der Waals surface area contributed by atoms with Gasteiger partial charge < -0.3 is 15.2 Å². The predicted molar refractivity (Wildman–Crippen MR) is 72.9 cm³/mol. The molecule has 1 aromatic carbocycles. The molecule has 0 aliphatic rings. The summed E-state index contributed by atoms with van der Waals surface area (Å²) in [6.07, 6.45) is -0.0552. The first-order valence-corrected chi connectivity index (χ1v) is 6.30. The number of aromatic carboxylic acids is 1. The Bertz CT molecular complexity index is 529. The first kappa shape index (κ1) is 16.0. The smallest absolute Gasteiger partial charge is 0.335 e. The number of carbonyl (C=O) groups is 3. The van der Waals surface area contributed by atoms with Crippen LogP contribution in [0.2, 0.25) is 5.02 Å². The topological polar surface area (TPSA) is 92.7 Å². The first-order chi connectivity index (χ1) is 9.43. The summed E-state index contributed by atoms with van der Waals surface area (Å²) < 4.78 is 4.70. The Morgan fingerprint density at radius 1 is 1.30 bits per heavy atom. The summed E-state index contributed by atoms with van der Waals surface area (Å²) in [7, 11) is 0.